The molecule has 0 atom stereocenters. The summed E-state index contributed by atoms with van der Waals surface area (Å²) in [6, 6.07) is 19.0. The first-order valence-corrected chi connectivity index (χ1v) is 8.96. The van der Waals surface area contributed by atoms with Crippen LogP contribution in [0.5, 0.6) is 0 Å². The molecule has 1 aliphatic rings. The molecule has 4 nitrogen and oxygen atoms in total. The lowest BCUT2D eigenvalue weighted by Crippen LogP contribution is -2.40. The number of hydrogen-bond acceptors (Lipinski definition) is 3. The van der Waals surface area contributed by atoms with Crippen molar-refractivity contribution in [3.8, 4) is 0 Å². The van der Waals surface area contributed by atoms with E-state index in [0.29, 0.717) is 37.1 Å². The van der Waals surface area contributed by atoms with Crippen molar-refractivity contribution < 1.29 is 9.59 Å². The van der Waals surface area contributed by atoms with Gasteiger partial charge >= 0.3 is 0 Å². The van der Waals surface area contributed by atoms with E-state index in [2.05, 4.69) is 4.98 Å². The number of pyridine rings is 1. The Morgan fingerprint density at radius 3 is 2.35 bits per heavy atom. The van der Waals surface area contributed by atoms with Gasteiger partial charge in [-0.05, 0) is 37.1 Å². The third-order valence-electron chi connectivity index (χ3n) is 5.05. The predicted octanol–water partition coefficient (Wildman–Crippen LogP) is 3.97. The molecule has 0 aliphatic carbocycles. The van der Waals surface area contributed by atoms with Gasteiger partial charge in [0, 0.05) is 41.7 Å². The molecule has 130 valence electrons. The smallest absolute Gasteiger partial charge is 0.253 e. The number of carbonyl (C=O) groups excluding carboxylic acids is 2. The quantitative estimate of drug-likeness (QED) is 0.676. The second-order valence-electron chi connectivity index (χ2n) is 6.71. The normalized spacial score (nSPS) is 15.2. The van der Waals surface area contributed by atoms with E-state index in [1.807, 2.05) is 65.6 Å². The summed E-state index contributed by atoms with van der Waals surface area (Å²) < 4.78 is 0. The van der Waals surface area contributed by atoms with Crippen LogP contribution >= 0.6 is 0 Å². The molecular weight excluding hydrogens is 324 g/mol. The SMILES string of the molecule is O=C(c1cnc2ccccc2c1)C1CCN(C(=O)c2ccccc2)CC1. The number of ketones is 1. The summed E-state index contributed by atoms with van der Waals surface area (Å²) in [5.74, 6) is 0.136. The van der Waals surface area contributed by atoms with E-state index in [-0.39, 0.29) is 17.6 Å². The minimum absolute atomic E-state index is 0.0437. The van der Waals surface area contributed by atoms with E-state index < -0.39 is 0 Å². The summed E-state index contributed by atoms with van der Waals surface area (Å²) in [5.41, 5.74) is 2.26. The number of hydrogen-bond donors (Lipinski definition) is 0. The second-order valence-corrected chi connectivity index (χ2v) is 6.71. The first kappa shape index (κ1) is 16.5. The van der Waals surface area contributed by atoms with E-state index in [1.54, 1.807) is 6.20 Å². The number of nitrogens with zero attached hydrogens (tertiary/aromatic N) is 2. The van der Waals surface area contributed by atoms with Gasteiger partial charge < -0.3 is 4.90 Å². The van der Waals surface area contributed by atoms with Crippen LogP contribution in [0.25, 0.3) is 10.9 Å². The number of amides is 1. The average molecular weight is 344 g/mol. The van der Waals surface area contributed by atoms with Gasteiger partial charge in [0.25, 0.3) is 5.91 Å². The third kappa shape index (κ3) is 3.23. The van der Waals surface area contributed by atoms with E-state index in [1.165, 1.54) is 0 Å². The molecule has 2 heterocycles. The van der Waals surface area contributed by atoms with Crippen LogP contribution in [0.1, 0.15) is 33.6 Å². The first-order chi connectivity index (χ1) is 12.7. The fourth-order valence-electron chi connectivity index (χ4n) is 3.55. The lowest BCUT2D eigenvalue weighted by atomic mass is 9.89. The van der Waals surface area contributed by atoms with E-state index in [9.17, 15) is 9.59 Å². The standard InChI is InChI=1S/C22H20N2O2/c25-21(19-14-18-8-4-5-9-20(18)23-15-19)16-10-12-24(13-11-16)22(26)17-6-2-1-3-7-17/h1-9,14-16H,10-13H2. The summed E-state index contributed by atoms with van der Waals surface area (Å²) in [6.45, 7) is 1.23. The van der Waals surface area contributed by atoms with Crippen molar-refractivity contribution in [3.05, 3.63) is 78.0 Å². The maximum Gasteiger partial charge on any atom is 0.253 e. The van der Waals surface area contributed by atoms with Crippen molar-refractivity contribution in [2.45, 2.75) is 12.8 Å². The topological polar surface area (TPSA) is 50.3 Å². The van der Waals surface area contributed by atoms with E-state index >= 15 is 0 Å². The van der Waals surface area contributed by atoms with Crippen LogP contribution < -0.4 is 0 Å². The number of para-hydroxylation sites is 1. The Morgan fingerprint density at radius 2 is 1.58 bits per heavy atom. The number of rotatable bonds is 3. The van der Waals surface area contributed by atoms with Gasteiger partial charge in [-0.3, -0.25) is 14.6 Å². The van der Waals surface area contributed by atoms with Crippen LogP contribution in [-0.4, -0.2) is 34.7 Å². The van der Waals surface area contributed by atoms with Gasteiger partial charge in [0.05, 0.1) is 5.52 Å². The molecule has 1 saturated heterocycles. The Hall–Kier alpha value is -3.01. The number of piperidine rings is 1. The summed E-state index contributed by atoms with van der Waals surface area (Å²) in [7, 11) is 0. The maximum atomic E-state index is 12.8. The molecule has 0 spiro atoms. The highest BCUT2D eigenvalue weighted by Gasteiger charge is 2.28. The lowest BCUT2D eigenvalue weighted by molar-refractivity contribution is 0.0650. The molecule has 26 heavy (non-hydrogen) atoms. The van der Waals surface area contributed by atoms with Crippen LogP contribution in [0.2, 0.25) is 0 Å². The van der Waals surface area contributed by atoms with Crippen LogP contribution in [0, 0.1) is 5.92 Å². The molecule has 0 radical (unpaired) electrons. The van der Waals surface area contributed by atoms with Crippen molar-refractivity contribution in [1.29, 1.82) is 0 Å². The molecule has 4 rings (SSSR count). The third-order valence-corrected chi connectivity index (χ3v) is 5.05. The van der Waals surface area contributed by atoms with E-state index in [0.717, 1.165) is 10.9 Å². The molecule has 1 aliphatic heterocycles. The van der Waals surface area contributed by atoms with Crippen molar-refractivity contribution in [3.63, 3.8) is 0 Å². The van der Waals surface area contributed by atoms with Gasteiger partial charge in [-0.25, -0.2) is 0 Å². The summed E-state index contributed by atoms with van der Waals surface area (Å²) in [4.78, 5) is 31.6. The number of likely N-dealkylation sites (tertiary alicyclic amines) is 1. The molecule has 2 aromatic carbocycles. The second kappa shape index (κ2) is 7.08. The number of Topliss-reactive ketones (excluding diaryl/α,β-unsaturated/α-hetero) is 1. The molecule has 1 fully saturated rings. The van der Waals surface area contributed by atoms with Crippen LogP contribution in [0.4, 0.5) is 0 Å². The Kier molecular flexibility index (Phi) is 4.48. The lowest BCUT2D eigenvalue weighted by Gasteiger charge is -2.31. The zero-order valence-electron chi connectivity index (χ0n) is 14.5. The van der Waals surface area contributed by atoms with Gasteiger partial charge in [0.2, 0.25) is 0 Å². The number of aromatic nitrogens is 1. The fraction of sp³-hybridized carbons (Fsp3) is 0.227. The summed E-state index contributed by atoms with van der Waals surface area (Å²) >= 11 is 0. The zero-order valence-corrected chi connectivity index (χ0v) is 14.5. The molecule has 1 amide bonds. The highest BCUT2D eigenvalue weighted by atomic mass is 16.2. The minimum Gasteiger partial charge on any atom is -0.339 e. The Labute approximate surface area is 152 Å². The molecular formula is C22H20N2O2. The molecule has 0 saturated carbocycles. The van der Waals surface area contributed by atoms with Gasteiger partial charge in [0.15, 0.2) is 5.78 Å². The van der Waals surface area contributed by atoms with Crippen molar-refractivity contribution in [2.24, 2.45) is 5.92 Å². The molecule has 0 unspecified atom stereocenters. The van der Waals surface area contributed by atoms with Gasteiger partial charge in [-0.2, -0.15) is 0 Å². The minimum atomic E-state index is -0.0437. The highest BCUT2D eigenvalue weighted by Crippen LogP contribution is 2.24. The Morgan fingerprint density at radius 1 is 0.885 bits per heavy atom. The molecule has 4 heteroatoms. The first-order valence-electron chi connectivity index (χ1n) is 8.96. The Balaban J connectivity index is 1.43. The van der Waals surface area contributed by atoms with Gasteiger partial charge in [-0.15, -0.1) is 0 Å². The van der Waals surface area contributed by atoms with Crippen LogP contribution in [0.15, 0.2) is 66.9 Å². The van der Waals surface area contributed by atoms with Gasteiger partial charge in [-0.1, -0.05) is 36.4 Å². The average Bonchev–Trinajstić information content (AvgIpc) is 2.73. The molecule has 0 bridgehead atoms. The largest absolute Gasteiger partial charge is 0.339 e. The highest BCUT2D eigenvalue weighted by molar-refractivity contribution is 6.00. The van der Waals surface area contributed by atoms with E-state index in [4.69, 9.17) is 0 Å². The summed E-state index contributed by atoms with van der Waals surface area (Å²) in [6.07, 6.45) is 3.07. The number of benzene rings is 2. The number of fused-ring (bicyclic) bond motifs is 1. The zero-order chi connectivity index (χ0) is 17.9. The molecule has 3 aromatic rings. The van der Waals surface area contributed by atoms with Crippen molar-refractivity contribution in [2.75, 3.05) is 13.1 Å². The monoisotopic (exact) mass is 344 g/mol. The number of carbonyl (C=O) groups is 2. The molecule has 1 aromatic heterocycles. The van der Waals surface area contributed by atoms with Crippen LogP contribution in [-0.2, 0) is 0 Å². The van der Waals surface area contributed by atoms with Crippen LogP contribution in [0.3, 0.4) is 0 Å². The Bertz CT molecular complexity index is 945. The molecule has 0 N–H and O–H groups in total. The summed E-state index contributed by atoms with van der Waals surface area (Å²) in [5, 5.41) is 0.982. The van der Waals surface area contributed by atoms with Gasteiger partial charge in [0.1, 0.15) is 0 Å². The van der Waals surface area contributed by atoms with Crippen molar-refractivity contribution in [1.82, 2.24) is 9.88 Å². The predicted molar refractivity (Wildman–Crippen MR) is 101 cm³/mol. The van der Waals surface area contributed by atoms with Crippen molar-refractivity contribution >= 4 is 22.6 Å². The fourth-order valence-corrected chi connectivity index (χ4v) is 3.55. The maximum absolute atomic E-state index is 12.8.